The van der Waals surface area contributed by atoms with Crippen LogP contribution in [0, 0.1) is 18.3 Å². The van der Waals surface area contributed by atoms with Crippen LogP contribution < -0.4 is 10.6 Å². The highest BCUT2D eigenvalue weighted by Gasteiger charge is 2.36. The number of rotatable bonds is 11. The Bertz CT molecular complexity index is 1330. The Balaban J connectivity index is 1.67. The molecule has 1 aromatic carbocycles. The molecule has 40 heavy (non-hydrogen) atoms. The molecule has 2 aliphatic heterocycles. The standard InChI is InChI=1S/C28H38N5O6P/c1-4-37-40(36,38-5-2)25(18-29)27(30-22-11-12-24-21(17-22)16-20(3)39-24)31-23-10-6-7-15-33(28(23)35)19-26(34)32-13-8-9-14-32/h11-12,16-17,23,30-31H,4-10,13-15,19H2,1-3H3/b27-25-/t23-/m0/s1. The zero-order chi connectivity index (χ0) is 28.7. The number of likely N-dealkylation sites (tertiary alicyclic amines) is 2. The van der Waals surface area contributed by atoms with E-state index in [-0.39, 0.29) is 42.7 Å². The number of furan rings is 1. The molecule has 0 unspecified atom stereocenters. The quantitative estimate of drug-likeness (QED) is 0.290. The molecule has 0 spiro atoms. The largest absolute Gasteiger partial charge is 0.461 e. The van der Waals surface area contributed by atoms with Gasteiger partial charge in [-0.05, 0) is 77.1 Å². The zero-order valence-corrected chi connectivity index (χ0v) is 24.3. The van der Waals surface area contributed by atoms with Gasteiger partial charge in [-0.15, -0.1) is 0 Å². The number of allylic oxidation sites excluding steroid dienone is 1. The molecule has 2 fully saturated rings. The van der Waals surface area contributed by atoms with E-state index in [4.69, 9.17) is 13.5 Å². The second-order valence-corrected chi connectivity index (χ2v) is 11.9. The summed E-state index contributed by atoms with van der Waals surface area (Å²) in [5.74, 6) is 0.520. The maximum atomic E-state index is 13.8. The van der Waals surface area contributed by atoms with Gasteiger partial charge in [0, 0.05) is 30.7 Å². The van der Waals surface area contributed by atoms with Gasteiger partial charge in [0.1, 0.15) is 29.3 Å². The second-order valence-electron chi connectivity index (χ2n) is 9.94. The van der Waals surface area contributed by atoms with Gasteiger partial charge in [-0.3, -0.25) is 14.2 Å². The van der Waals surface area contributed by atoms with E-state index in [9.17, 15) is 19.4 Å². The normalized spacial score (nSPS) is 18.9. The Labute approximate surface area is 235 Å². The first-order valence-corrected chi connectivity index (χ1v) is 15.5. The average molecular weight is 572 g/mol. The van der Waals surface area contributed by atoms with Gasteiger partial charge in [-0.2, -0.15) is 5.26 Å². The summed E-state index contributed by atoms with van der Waals surface area (Å²) in [6.45, 7) is 7.23. The Kier molecular flexibility index (Phi) is 9.90. The van der Waals surface area contributed by atoms with Crippen molar-refractivity contribution in [3.63, 3.8) is 0 Å². The Hall–Kier alpha value is -3.32. The van der Waals surface area contributed by atoms with Crippen LogP contribution in [0.15, 0.2) is 39.8 Å². The van der Waals surface area contributed by atoms with E-state index in [1.54, 1.807) is 35.8 Å². The molecule has 2 amide bonds. The maximum absolute atomic E-state index is 13.8. The molecule has 2 saturated heterocycles. The van der Waals surface area contributed by atoms with Crippen molar-refractivity contribution < 1.29 is 27.6 Å². The van der Waals surface area contributed by atoms with Crippen molar-refractivity contribution in [1.29, 1.82) is 5.26 Å². The summed E-state index contributed by atoms with van der Waals surface area (Å²) < 4.78 is 30.4. The van der Waals surface area contributed by atoms with Gasteiger partial charge in [-0.25, -0.2) is 0 Å². The summed E-state index contributed by atoms with van der Waals surface area (Å²) in [6.07, 6.45) is 3.92. The van der Waals surface area contributed by atoms with Crippen LogP contribution >= 0.6 is 7.60 Å². The van der Waals surface area contributed by atoms with Crippen molar-refractivity contribution >= 4 is 36.1 Å². The van der Waals surface area contributed by atoms with E-state index in [0.29, 0.717) is 24.2 Å². The first-order chi connectivity index (χ1) is 19.3. The average Bonchev–Trinajstić information content (AvgIpc) is 3.55. The summed E-state index contributed by atoms with van der Waals surface area (Å²) in [7, 11) is -4.03. The molecule has 1 aromatic heterocycles. The molecule has 12 heteroatoms. The Morgan fingerprint density at radius 1 is 1.12 bits per heavy atom. The number of anilines is 1. The summed E-state index contributed by atoms with van der Waals surface area (Å²) in [5.41, 5.74) is 1.29. The molecule has 216 valence electrons. The van der Waals surface area contributed by atoms with Crippen molar-refractivity contribution in [2.75, 3.05) is 44.7 Å². The van der Waals surface area contributed by atoms with Gasteiger partial charge in [0.05, 0.1) is 19.8 Å². The lowest BCUT2D eigenvalue weighted by molar-refractivity contribution is -0.140. The lowest BCUT2D eigenvalue weighted by atomic mass is 10.1. The maximum Gasteiger partial charge on any atom is 0.375 e. The van der Waals surface area contributed by atoms with Crippen LogP contribution in [0.4, 0.5) is 5.69 Å². The smallest absolute Gasteiger partial charge is 0.375 e. The Morgan fingerprint density at radius 2 is 1.82 bits per heavy atom. The molecule has 0 radical (unpaired) electrons. The number of hydrogen-bond acceptors (Lipinski definition) is 9. The van der Waals surface area contributed by atoms with Crippen LogP contribution in [-0.4, -0.2) is 67.0 Å². The van der Waals surface area contributed by atoms with E-state index in [0.717, 1.165) is 49.9 Å². The SMILES string of the molecule is CCOP(=O)(OCC)/C(C#N)=C(/Nc1ccc2oc(C)cc2c1)N[C@H]1CCCCN(CC(=O)N2CCCC2)C1=O. The third-order valence-corrected chi connectivity index (χ3v) is 9.08. The van der Waals surface area contributed by atoms with Crippen LogP contribution in [0.5, 0.6) is 0 Å². The number of aryl methyl sites for hydroxylation is 1. The lowest BCUT2D eigenvalue weighted by Crippen LogP contribution is -2.49. The van der Waals surface area contributed by atoms with Crippen LogP contribution in [0.2, 0.25) is 0 Å². The van der Waals surface area contributed by atoms with Crippen molar-refractivity contribution in [3.8, 4) is 6.07 Å². The summed E-state index contributed by atoms with van der Waals surface area (Å²) >= 11 is 0. The molecule has 2 N–H and O–H groups in total. The van der Waals surface area contributed by atoms with Crippen molar-refractivity contribution in [2.45, 2.75) is 58.9 Å². The Morgan fingerprint density at radius 3 is 2.50 bits per heavy atom. The van der Waals surface area contributed by atoms with Crippen LogP contribution in [0.1, 0.15) is 51.7 Å². The fourth-order valence-electron chi connectivity index (χ4n) is 5.12. The van der Waals surface area contributed by atoms with Gasteiger partial charge in [0.25, 0.3) is 0 Å². The van der Waals surface area contributed by atoms with Crippen molar-refractivity contribution in [1.82, 2.24) is 15.1 Å². The molecular formula is C28H38N5O6P. The minimum atomic E-state index is -4.03. The number of amides is 2. The van der Waals surface area contributed by atoms with E-state index < -0.39 is 13.6 Å². The molecule has 0 bridgehead atoms. The topological polar surface area (TPSA) is 137 Å². The number of nitriles is 1. The van der Waals surface area contributed by atoms with E-state index in [1.165, 1.54) is 0 Å². The first-order valence-electron chi connectivity index (χ1n) is 13.9. The number of hydrogen-bond donors (Lipinski definition) is 2. The highest BCUT2D eigenvalue weighted by molar-refractivity contribution is 7.59. The van der Waals surface area contributed by atoms with Crippen molar-refractivity contribution in [3.05, 3.63) is 41.2 Å². The lowest BCUT2D eigenvalue weighted by Gasteiger charge is -2.28. The molecule has 1 atom stereocenters. The number of carbonyl (C=O) groups is 2. The van der Waals surface area contributed by atoms with Gasteiger partial charge in [-0.1, -0.05) is 0 Å². The van der Waals surface area contributed by atoms with E-state index in [2.05, 4.69) is 10.6 Å². The highest BCUT2D eigenvalue weighted by atomic mass is 31.2. The van der Waals surface area contributed by atoms with E-state index in [1.807, 2.05) is 25.1 Å². The fourth-order valence-corrected chi connectivity index (χ4v) is 6.65. The fraction of sp³-hybridized carbons (Fsp3) is 0.536. The van der Waals surface area contributed by atoms with Gasteiger partial charge >= 0.3 is 7.60 Å². The van der Waals surface area contributed by atoms with Gasteiger partial charge in [0.15, 0.2) is 5.31 Å². The number of benzene rings is 1. The van der Waals surface area contributed by atoms with E-state index >= 15 is 0 Å². The molecular weight excluding hydrogens is 533 g/mol. The molecule has 0 saturated carbocycles. The van der Waals surface area contributed by atoms with Crippen molar-refractivity contribution in [2.24, 2.45) is 0 Å². The molecule has 3 heterocycles. The van der Waals surface area contributed by atoms with Gasteiger partial charge < -0.3 is 33.9 Å². The molecule has 11 nitrogen and oxygen atoms in total. The van der Waals surface area contributed by atoms with Gasteiger partial charge in [0.2, 0.25) is 11.8 Å². The first kappa shape index (κ1) is 29.7. The second kappa shape index (κ2) is 13.4. The molecule has 2 aromatic rings. The van der Waals surface area contributed by atoms with Crippen LogP contribution in [-0.2, 0) is 23.2 Å². The number of fused-ring (bicyclic) bond motifs is 1. The third-order valence-electron chi connectivity index (χ3n) is 7.01. The number of nitrogens with one attached hydrogen (secondary N) is 2. The number of carbonyl (C=O) groups excluding carboxylic acids is 2. The summed E-state index contributed by atoms with van der Waals surface area (Å²) in [6, 6.07) is 8.54. The molecule has 2 aliphatic rings. The summed E-state index contributed by atoms with van der Waals surface area (Å²) in [4.78, 5) is 29.9. The molecule has 0 aliphatic carbocycles. The highest BCUT2D eigenvalue weighted by Crippen LogP contribution is 2.56. The predicted octanol–water partition coefficient (Wildman–Crippen LogP) is 4.71. The van der Waals surface area contributed by atoms with Crippen LogP contribution in [0.25, 0.3) is 11.0 Å². The zero-order valence-electron chi connectivity index (χ0n) is 23.4. The monoisotopic (exact) mass is 571 g/mol. The summed E-state index contributed by atoms with van der Waals surface area (Å²) in [5, 5.41) is 17.1. The van der Waals surface area contributed by atoms with Crippen LogP contribution in [0.3, 0.4) is 0 Å². The number of nitrogens with zero attached hydrogens (tertiary/aromatic N) is 3. The third kappa shape index (κ3) is 6.87. The predicted molar refractivity (Wildman–Crippen MR) is 151 cm³/mol. The molecule has 4 rings (SSSR count). The minimum Gasteiger partial charge on any atom is -0.461 e. The minimum absolute atomic E-state index is 0.0154.